The zero-order chi connectivity index (χ0) is 14.8. The van der Waals surface area contributed by atoms with Crippen LogP contribution in [-0.2, 0) is 11.2 Å². The summed E-state index contributed by atoms with van der Waals surface area (Å²) in [5.41, 5.74) is 10.0. The Morgan fingerprint density at radius 2 is 2.24 bits per heavy atom. The Balaban J connectivity index is 1.67. The van der Waals surface area contributed by atoms with Crippen LogP contribution in [0, 0.1) is 0 Å². The van der Waals surface area contributed by atoms with Gasteiger partial charge in [-0.2, -0.15) is 0 Å². The molecule has 0 aliphatic carbocycles. The molecule has 2 unspecified atom stereocenters. The Morgan fingerprint density at radius 3 is 3.00 bits per heavy atom. The van der Waals surface area contributed by atoms with E-state index in [1.807, 2.05) is 6.92 Å². The van der Waals surface area contributed by atoms with Crippen LogP contribution < -0.4 is 10.6 Å². The van der Waals surface area contributed by atoms with Gasteiger partial charge in [0.05, 0.1) is 12.7 Å². The molecule has 2 aliphatic heterocycles. The number of likely N-dealkylation sites (N-methyl/N-ethyl adjacent to an activating group) is 1. The highest BCUT2D eigenvalue weighted by Crippen LogP contribution is 2.30. The molecule has 0 bridgehead atoms. The molecular formula is C17H27N3O. The third-order valence-corrected chi connectivity index (χ3v) is 4.72. The molecule has 0 radical (unpaired) electrons. The molecule has 1 fully saturated rings. The fraction of sp³-hybridized carbons (Fsp3) is 0.647. The van der Waals surface area contributed by atoms with Crippen LogP contribution >= 0.6 is 0 Å². The lowest BCUT2D eigenvalue weighted by molar-refractivity contribution is -0.0219. The van der Waals surface area contributed by atoms with Gasteiger partial charge in [0.2, 0.25) is 0 Å². The third-order valence-electron chi connectivity index (χ3n) is 4.72. The van der Waals surface area contributed by atoms with E-state index in [-0.39, 0.29) is 6.04 Å². The first-order chi connectivity index (χ1) is 10.2. The van der Waals surface area contributed by atoms with Crippen molar-refractivity contribution in [3.63, 3.8) is 0 Å². The van der Waals surface area contributed by atoms with Crippen LogP contribution in [0.15, 0.2) is 18.2 Å². The lowest BCUT2D eigenvalue weighted by Crippen LogP contribution is -2.47. The fourth-order valence-corrected chi connectivity index (χ4v) is 3.39. The zero-order valence-electron chi connectivity index (χ0n) is 13.2. The van der Waals surface area contributed by atoms with Gasteiger partial charge < -0.3 is 15.4 Å². The first-order valence-corrected chi connectivity index (χ1v) is 8.14. The van der Waals surface area contributed by atoms with Crippen molar-refractivity contribution in [2.45, 2.75) is 32.4 Å². The number of nitrogens with zero attached hydrogens (tertiary/aromatic N) is 2. The smallest absolute Gasteiger partial charge is 0.0877 e. The van der Waals surface area contributed by atoms with E-state index in [0.29, 0.717) is 6.10 Å². The maximum Gasteiger partial charge on any atom is 0.0877 e. The Morgan fingerprint density at radius 1 is 1.38 bits per heavy atom. The molecule has 2 aliphatic rings. The highest BCUT2D eigenvalue weighted by Gasteiger charge is 2.26. The van der Waals surface area contributed by atoms with Gasteiger partial charge >= 0.3 is 0 Å². The van der Waals surface area contributed by atoms with Crippen LogP contribution in [0.2, 0.25) is 0 Å². The molecule has 1 aromatic rings. The number of hydrogen-bond donors (Lipinski definition) is 1. The van der Waals surface area contributed by atoms with Crippen molar-refractivity contribution < 1.29 is 4.74 Å². The SMILES string of the molecule is CCN1CCOC(CN2CCc3cc(C(C)N)ccc32)C1. The zero-order valence-corrected chi connectivity index (χ0v) is 13.2. The van der Waals surface area contributed by atoms with Gasteiger partial charge in [-0.1, -0.05) is 19.1 Å². The number of morpholine rings is 1. The number of anilines is 1. The standard InChI is InChI=1S/C17H27N3O/c1-3-19-8-9-21-16(11-19)12-20-7-6-15-10-14(13(2)18)4-5-17(15)20/h4-5,10,13,16H,3,6-9,11-12,18H2,1-2H3. The molecule has 2 N–H and O–H groups in total. The minimum Gasteiger partial charge on any atom is -0.374 e. The maximum absolute atomic E-state index is 5.98. The topological polar surface area (TPSA) is 41.7 Å². The quantitative estimate of drug-likeness (QED) is 0.917. The van der Waals surface area contributed by atoms with Crippen LogP contribution in [0.25, 0.3) is 0 Å². The molecule has 4 nitrogen and oxygen atoms in total. The van der Waals surface area contributed by atoms with Crippen molar-refractivity contribution >= 4 is 5.69 Å². The van der Waals surface area contributed by atoms with Gasteiger partial charge in [-0.05, 0) is 37.1 Å². The summed E-state index contributed by atoms with van der Waals surface area (Å²) in [5.74, 6) is 0. The van der Waals surface area contributed by atoms with Crippen LogP contribution in [0.3, 0.4) is 0 Å². The van der Waals surface area contributed by atoms with Gasteiger partial charge in [-0.25, -0.2) is 0 Å². The second kappa shape index (κ2) is 6.34. The first kappa shape index (κ1) is 14.8. The summed E-state index contributed by atoms with van der Waals surface area (Å²) in [6.45, 7) is 10.5. The van der Waals surface area contributed by atoms with E-state index < -0.39 is 0 Å². The van der Waals surface area contributed by atoms with Crippen LogP contribution in [0.5, 0.6) is 0 Å². The summed E-state index contributed by atoms with van der Waals surface area (Å²) in [7, 11) is 0. The summed E-state index contributed by atoms with van der Waals surface area (Å²) < 4.78 is 5.95. The summed E-state index contributed by atoms with van der Waals surface area (Å²) in [4.78, 5) is 4.95. The van der Waals surface area contributed by atoms with E-state index in [2.05, 4.69) is 34.9 Å². The third kappa shape index (κ3) is 3.23. The minimum atomic E-state index is 0.115. The van der Waals surface area contributed by atoms with Gasteiger partial charge in [0, 0.05) is 37.9 Å². The Hall–Kier alpha value is -1.10. The molecular weight excluding hydrogens is 262 g/mol. The number of fused-ring (bicyclic) bond motifs is 1. The Kier molecular flexibility index (Phi) is 4.48. The van der Waals surface area contributed by atoms with Gasteiger partial charge in [-0.15, -0.1) is 0 Å². The molecule has 0 spiro atoms. The maximum atomic E-state index is 5.98. The number of nitrogens with two attached hydrogens (primary N) is 1. The van der Waals surface area contributed by atoms with Gasteiger partial charge in [0.1, 0.15) is 0 Å². The number of hydrogen-bond acceptors (Lipinski definition) is 4. The molecule has 1 aromatic carbocycles. The van der Waals surface area contributed by atoms with Gasteiger partial charge in [0.15, 0.2) is 0 Å². The summed E-state index contributed by atoms with van der Waals surface area (Å²) in [6, 6.07) is 6.80. The molecule has 4 heteroatoms. The van der Waals surface area contributed by atoms with Crippen molar-refractivity contribution in [3.8, 4) is 0 Å². The summed E-state index contributed by atoms with van der Waals surface area (Å²) in [5, 5.41) is 0. The first-order valence-electron chi connectivity index (χ1n) is 8.14. The van der Waals surface area contributed by atoms with Gasteiger partial charge in [-0.3, -0.25) is 4.90 Å². The van der Waals surface area contributed by atoms with Crippen molar-refractivity contribution in [3.05, 3.63) is 29.3 Å². The second-order valence-corrected chi connectivity index (χ2v) is 6.26. The van der Waals surface area contributed by atoms with Crippen LogP contribution in [-0.4, -0.2) is 50.3 Å². The Bertz CT molecular complexity index is 489. The largest absolute Gasteiger partial charge is 0.374 e. The van der Waals surface area contributed by atoms with Crippen molar-refractivity contribution in [2.75, 3.05) is 44.2 Å². The van der Waals surface area contributed by atoms with E-state index in [1.165, 1.54) is 16.8 Å². The van der Waals surface area contributed by atoms with Crippen molar-refractivity contribution in [1.82, 2.24) is 4.90 Å². The molecule has 116 valence electrons. The van der Waals surface area contributed by atoms with E-state index in [0.717, 1.165) is 45.8 Å². The van der Waals surface area contributed by atoms with Crippen LogP contribution in [0.1, 0.15) is 31.0 Å². The number of ether oxygens (including phenoxy) is 1. The predicted molar refractivity (Wildman–Crippen MR) is 86.8 cm³/mol. The van der Waals surface area contributed by atoms with Crippen LogP contribution in [0.4, 0.5) is 5.69 Å². The van der Waals surface area contributed by atoms with Crippen molar-refractivity contribution in [1.29, 1.82) is 0 Å². The summed E-state index contributed by atoms with van der Waals surface area (Å²) in [6.07, 6.45) is 1.46. The van der Waals surface area contributed by atoms with E-state index in [4.69, 9.17) is 10.5 Å². The molecule has 2 heterocycles. The highest BCUT2D eigenvalue weighted by molar-refractivity contribution is 5.59. The van der Waals surface area contributed by atoms with E-state index in [9.17, 15) is 0 Å². The molecule has 0 saturated carbocycles. The molecule has 0 aromatic heterocycles. The monoisotopic (exact) mass is 289 g/mol. The molecule has 1 saturated heterocycles. The minimum absolute atomic E-state index is 0.115. The predicted octanol–water partition coefficient (Wildman–Crippen LogP) is 1.79. The molecule has 2 atom stereocenters. The van der Waals surface area contributed by atoms with E-state index >= 15 is 0 Å². The molecule has 0 amide bonds. The van der Waals surface area contributed by atoms with E-state index in [1.54, 1.807) is 0 Å². The number of benzene rings is 1. The average molecular weight is 289 g/mol. The van der Waals surface area contributed by atoms with Gasteiger partial charge in [0.25, 0.3) is 0 Å². The summed E-state index contributed by atoms with van der Waals surface area (Å²) >= 11 is 0. The molecule has 21 heavy (non-hydrogen) atoms. The normalized spacial score (nSPS) is 24.1. The lowest BCUT2D eigenvalue weighted by Gasteiger charge is -2.34. The van der Waals surface area contributed by atoms with Crippen molar-refractivity contribution in [2.24, 2.45) is 5.73 Å². The Labute approximate surface area is 127 Å². The second-order valence-electron chi connectivity index (χ2n) is 6.26. The fourth-order valence-electron chi connectivity index (χ4n) is 3.39. The number of rotatable bonds is 4. The highest BCUT2D eigenvalue weighted by atomic mass is 16.5. The molecule has 3 rings (SSSR count). The lowest BCUT2D eigenvalue weighted by atomic mass is 10.0. The average Bonchev–Trinajstić information content (AvgIpc) is 2.90.